The number of nitrogens with zero attached hydrogens (tertiary/aromatic N) is 2. The molecule has 2 nitrogen and oxygen atoms in total. The maximum absolute atomic E-state index is 2.70. The van der Waals surface area contributed by atoms with E-state index in [0.29, 0.717) is 5.92 Å². The van der Waals surface area contributed by atoms with Gasteiger partial charge in [0.25, 0.3) is 6.71 Å². The van der Waals surface area contributed by atoms with Crippen LogP contribution < -0.4 is 26.2 Å². The Morgan fingerprint density at radius 2 is 0.985 bits per heavy atom. The minimum atomic E-state index is -0.0347. The van der Waals surface area contributed by atoms with E-state index in [1.807, 2.05) is 0 Å². The Morgan fingerprint density at radius 1 is 0.448 bits per heavy atom. The van der Waals surface area contributed by atoms with Gasteiger partial charge in [-0.2, -0.15) is 0 Å². The predicted octanol–water partition coefficient (Wildman–Crippen LogP) is 16.1. The van der Waals surface area contributed by atoms with Crippen molar-refractivity contribution in [3.05, 3.63) is 173 Å². The zero-order valence-corrected chi connectivity index (χ0v) is 43.0. The molecule has 0 aromatic heterocycles. The van der Waals surface area contributed by atoms with Crippen LogP contribution in [0.15, 0.2) is 140 Å². The van der Waals surface area contributed by atoms with E-state index < -0.39 is 0 Å². The Hall–Kier alpha value is -5.80. The largest absolute Gasteiger partial charge is 0.311 e. The summed E-state index contributed by atoms with van der Waals surface area (Å²) in [5, 5.41) is 0. The van der Waals surface area contributed by atoms with Gasteiger partial charge in [0.15, 0.2) is 0 Å². The van der Waals surface area contributed by atoms with Crippen LogP contribution in [0.5, 0.6) is 0 Å². The van der Waals surface area contributed by atoms with E-state index in [-0.39, 0.29) is 33.8 Å². The first-order valence-corrected chi connectivity index (χ1v) is 24.9. The third-order valence-electron chi connectivity index (χ3n) is 15.5. The number of benzene rings is 7. The highest BCUT2D eigenvalue weighted by Gasteiger charge is 2.48. The number of fused-ring (bicyclic) bond motifs is 5. The lowest BCUT2D eigenvalue weighted by molar-refractivity contribution is 0.403. The van der Waals surface area contributed by atoms with E-state index >= 15 is 0 Å². The van der Waals surface area contributed by atoms with Gasteiger partial charge in [-0.3, -0.25) is 0 Å². The molecule has 10 rings (SSSR count). The van der Waals surface area contributed by atoms with Gasteiger partial charge in [-0.1, -0.05) is 195 Å². The molecule has 0 saturated carbocycles. The lowest BCUT2D eigenvalue weighted by Crippen LogP contribution is -2.61. The normalized spacial score (nSPS) is 15.9. The van der Waals surface area contributed by atoms with Crippen LogP contribution in [0.25, 0.3) is 22.3 Å². The van der Waals surface area contributed by atoms with Gasteiger partial charge >= 0.3 is 0 Å². The summed E-state index contributed by atoms with van der Waals surface area (Å²) in [6.07, 6.45) is 1.11. The predicted molar refractivity (Wildman–Crippen MR) is 292 cm³/mol. The molecule has 1 aliphatic carbocycles. The van der Waals surface area contributed by atoms with Crippen LogP contribution >= 0.6 is 0 Å². The van der Waals surface area contributed by atoms with Gasteiger partial charge in [-0.05, 0) is 154 Å². The molecule has 0 bridgehead atoms. The summed E-state index contributed by atoms with van der Waals surface area (Å²) in [7, 11) is 0. The van der Waals surface area contributed by atoms with E-state index in [1.165, 1.54) is 106 Å². The molecule has 340 valence electrons. The standard InChI is InChI=1S/C64H71BN2/c1-40(2)44-32-57-59-58(33-44)67(54-31-29-46(61(6,7)8)35-49(54)43-26-24-42(25-27-43)41-20-17-16-18-21-41)56-38-51-50(63(12,13)39-64(51,14)15)37-53(56)65(59)52-30-28-47(62(9,10)11)36-55(52)66(57)48-23-19-22-45(34-48)60(3,4)5/h16-38,40H,39H2,1-15H3. The molecule has 0 N–H and O–H groups in total. The maximum Gasteiger partial charge on any atom is 0.252 e. The summed E-state index contributed by atoms with van der Waals surface area (Å²) in [5.74, 6) is 0.307. The van der Waals surface area contributed by atoms with E-state index in [9.17, 15) is 0 Å². The second kappa shape index (κ2) is 15.4. The summed E-state index contributed by atoms with van der Waals surface area (Å²) in [4.78, 5) is 5.33. The number of rotatable bonds is 5. The molecule has 7 aromatic carbocycles. The fourth-order valence-corrected chi connectivity index (χ4v) is 11.8. The van der Waals surface area contributed by atoms with Crippen molar-refractivity contribution in [3.63, 3.8) is 0 Å². The van der Waals surface area contributed by atoms with E-state index in [4.69, 9.17) is 0 Å². The highest BCUT2D eigenvalue weighted by atomic mass is 15.2. The van der Waals surface area contributed by atoms with Crippen molar-refractivity contribution in [1.29, 1.82) is 0 Å². The van der Waals surface area contributed by atoms with E-state index in [0.717, 1.165) is 6.42 Å². The molecular formula is C64H71BN2. The Labute approximate surface area is 403 Å². The summed E-state index contributed by atoms with van der Waals surface area (Å²) in [5.41, 5.74) is 25.0. The van der Waals surface area contributed by atoms with Gasteiger partial charge in [0.2, 0.25) is 0 Å². The summed E-state index contributed by atoms with van der Waals surface area (Å²) in [6, 6.07) is 54.6. The highest BCUT2D eigenvalue weighted by Crippen LogP contribution is 2.54. The van der Waals surface area contributed by atoms with Crippen LogP contribution in [0.1, 0.15) is 150 Å². The molecule has 7 aromatic rings. The van der Waals surface area contributed by atoms with Crippen LogP contribution in [0.2, 0.25) is 0 Å². The molecule has 0 spiro atoms. The smallest absolute Gasteiger partial charge is 0.252 e. The molecule has 3 aliphatic rings. The fraction of sp³-hybridized carbons (Fsp3) is 0.344. The van der Waals surface area contributed by atoms with Crippen molar-refractivity contribution in [3.8, 4) is 22.3 Å². The lowest BCUT2D eigenvalue weighted by Gasteiger charge is -2.46. The second-order valence-electron chi connectivity index (χ2n) is 24.9. The van der Waals surface area contributed by atoms with Gasteiger partial charge in [0.1, 0.15) is 0 Å². The van der Waals surface area contributed by atoms with Crippen LogP contribution in [0.4, 0.5) is 34.1 Å². The first kappa shape index (κ1) is 45.0. The number of hydrogen-bond acceptors (Lipinski definition) is 2. The number of hydrogen-bond donors (Lipinski definition) is 0. The molecule has 0 amide bonds. The van der Waals surface area contributed by atoms with Gasteiger partial charge in [0, 0.05) is 34.0 Å². The van der Waals surface area contributed by atoms with Crippen LogP contribution in [-0.2, 0) is 27.1 Å². The van der Waals surface area contributed by atoms with Crippen LogP contribution in [0.3, 0.4) is 0 Å². The Balaban J connectivity index is 1.33. The molecule has 3 heteroatoms. The molecule has 2 heterocycles. The van der Waals surface area contributed by atoms with Crippen molar-refractivity contribution in [2.75, 3.05) is 9.80 Å². The van der Waals surface area contributed by atoms with Gasteiger partial charge < -0.3 is 9.80 Å². The molecular weight excluding hydrogens is 808 g/mol. The molecule has 2 aliphatic heterocycles. The monoisotopic (exact) mass is 879 g/mol. The van der Waals surface area contributed by atoms with Gasteiger partial charge in [-0.15, -0.1) is 0 Å². The number of anilines is 6. The van der Waals surface area contributed by atoms with Crippen LogP contribution in [0, 0.1) is 0 Å². The van der Waals surface area contributed by atoms with E-state index in [1.54, 1.807) is 0 Å². The lowest BCUT2D eigenvalue weighted by atomic mass is 9.33. The quantitative estimate of drug-likeness (QED) is 0.159. The fourth-order valence-electron chi connectivity index (χ4n) is 11.8. The zero-order chi connectivity index (χ0) is 47.7. The Kier molecular flexibility index (Phi) is 10.3. The summed E-state index contributed by atoms with van der Waals surface area (Å²) in [6.45, 7) is 35.7. The SMILES string of the molecule is CC(C)c1cc2c3c(c1)N(c1ccc(C(C)(C)C)cc1-c1ccc(-c4ccccc4)cc1)c1cc4c(cc1B3c1ccc(C(C)(C)C)cc1N2c1cccc(C(C)(C)C)c1)C(C)(C)CC4(C)C. The third-order valence-corrected chi connectivity index (χ3v) is 15.5. The van der Waals surface area contributed by atoms with Crippen LogP contribution in [-0.4, -0.2) is 6.71 Å². The Morgan fingerprint density at radius 3 is 1.61 bits per heavy atom. The molecule has 0 saturated heterocycles. The van der Waals surface area contributed by atoms with Crippen molar-refractivity contribution < 1.29 is 0 Å². The molecule has 0 fully saturated rings. The molecule has 0 unspecified atom stereocenters. The minimum Gasteiger partial charge on any atom is -0.311 e. The average molecular weight is 879 g/mol. The third kappa shape index (κ3) is 7.56. The summed E-state index contributed by atoms with van der Waals surface area (Å²) >= 11 is 0. The highest BCUT2D eigenvalue weighted by molar-refractivity contribution is 7.00. The second-order valence-corrected chi connectivity index (χ2v) is 24.9. The Bertz CT molecular complexity index is 3070. The topological polar surface area (TPSA) is 6.48 Å². The van der Waals surface area contributed by atoms with Crippen molar-refractivity contribution in [1.82, 2.24) is 0 Å². The van der Waals surface area contributed by atoms with Crippen molar-refractivity contribution in [2.24, 2.45) is 0 Å². The van der Waals surface area contributed by atoms with Gasteiger partial charge in [0.05, 0.1) is 5.69 Å². The average Bonchev–Trinajstić information content (AvgIpc) is 3.45. The van der Waals surface area contributed by atoms with Crippen molar-refractivity contribution in [2.45, 2.75) is 143 Å². The first-order valence-electron chi connectivity index (χ1n) is 24.9. The minimum absolute atomic E-state index is 0.00472. The van der Waals surface area contributed by atoms with Crippen molar-refractivity contribution >= 4 is 57.2 Å². The first-order chi connectivity index (χ1) is 31.4. The van der Waals surface area contributed by atoms with E-state index in [2.05, 4.69) is 253 Å². The van der Waals surface area contributed by atoms with Gasteiger partial charge in [-0.25, -0.2) is 0 Å². The molecule has 0 atom stereocenters. The molecule has 0 radical (unpaired) electrons. The molecule has 67 heavy (non-hydrogen) atoms. The summed E-state index contributed by atoms with van der Waals surface area (Å²) < 4.78 is 0. The maximum atomic E-state index is 2.70. The zero-order valence-electron chi connectivity index (χ0n) is 43.0.